The number of nitrogens with zero attached hydrogens (tertiary/aromatic N) is 3. The fourth-order valence-electron chi connectivity index (χ4n) is 2.86. The van der Waals surface area contributed by atoms with Crippen LogP contribution in [0.3, 0.4) is 0 Å². The molecule has 0 saturated heterocycles. The first kappa shape index (κ1) is 18.8. The summed E-state index contributed by atoms with van der Waals surface area (Å²) in [6, 6.07) is 0.0235. The maximum absolute atomic E-state index is 11.9. The van der Waals surface area contributed by atoms with Crippen molar-refractivity contribution in [3.63, 3.8) is 0 Å². The minimum atomic E-state index is -0.445. The monoisotopic (exact) mass is 353 g/mol. The molecule has 1 aromatic rings. The van der Waals surface area contributed by atoms with Crippen molar-refractivity contribution in [2.24, 2.45) is 0 Å². The van der Waals surface area contributed by atoms with Crippen LogP contribution in [0.1, 0.15) is 64.2 Å². The molecule has 1 aromatic heterocycles. The first-order valence-electron chi connectivity index (χ1n) is 8.66. The van der Waals surface area contributed by atoms with Crippen LogP contribution in [0.15, 0.2) is 5.16 Å². The number of nitrogens with one attached hydrogen (secondary N) is 2. The Morgan fingerprint density at radius 3 is 2.67 bits per heavy atom. The van der Waals surface area contributed by atoms with Crippen molar-refractivity contribution in [2.45, 2.75) is 76.5 Å². The van der Waals surface area contributed by atoms with Gasteiger partial charge in [-0.3, -0.25) is 10.1 Å². The number of carbonyl (C=O) groups excluding carboxylic acids is 2. The summed E-state index contributed by atoms with van der Waals surface area (Å²) in [5.74, 6) is 0.717. The summed E-state index contributed by atoms with van der Waals surface area (Å²) in [6.07, 6.45) is 6.82. The van der Waals surface area contributed by atoms with E-state index in [0.717, 1.165) is 30.2 Å². The highest BCUT2D eigenvalue weighted by molar-refractivity contribution is 7.99. The van der Waals surface area contributed by atoms with E-state index in [1.165, 1.54) is 31.0 Å². The van der Waals surface area contributed by atoms with Crippen molar-refractivity contribution < 1.29 is 9.59 Å². The van der Waals surface area contributed by atoms with Crippen LogP contribution in [0.2, 0.25) is 0 Å². The van der Waals surface area contributed by atoms with E-state index in [0.29, 0.717) is 6.04 Å². The predicted octanol–water partition coefficient (Wildman–Crippen LogP) is 2.81. The Kier molecular flexibility index (Phi) is 7.08. The predicted molar refractivity (Wildman–Crippen MR) is 94.0 cm³/mol. The molecule has 1 saturated carbocycles. The fraction of sp³-hybridized carbons (Fsp3) is 0.750. The van der Waals surface area contributed by atoms with Crippen molar-refractivity contribution >= 4 is 23.7 Å². The molecule has 1 fully saturated rings. The molecule has 3 amide bonds. The van der Waals surface area contributed by atoms with Crippen LogP contribution in [-0.4, -0.2) is 38.5 Å². The third kappa shape index (κ3) is 5.22. The number of urea groups is 1. The summed E-state index contributed by atoms with van der Waals surface area (Å²) < 4.78 is 2.15. The lowest BCUT2D eigenvalue weighted by molar-refractivity contribution is -0.117. The molecule has 2 rings (SSSR count). The van der Waals surface area contributed by atoms with Gasteiger partial charge in [-0.25, -0.2) is 4.79 Å². The number of aromatic nitrogens is 3. The molecule has 8 heteroatoms. The summed E-state index contributed by atoms with van der Waals surface area (Å²) in [6.45, 7) is 5.82. The van der Waals surface area contributed by atoms with E-state index in [9.17, 15) is 9.59 Å². The van der Waals surface area contributed by atoms with Gasteiger partial charge < -0.3 is 9.88 Å². The number of hydrogen-bond donors (Lipinski definition) is 2. The summed E-state index contributed by atoms with van der Waals surface area (Å²) in [5, 5.41) is 14.2. The Hall–Kier alpha value is -1.57. The number of hydrogen-bond acceptors (Lipinski definition) is 5. The van der Waals surface area contributed by atoms with Gasteiger partial charge >= 0.3 is 6.03 Å². The van der Waals surface area contributed by atoms with Gasteiger partial charge in [-0.15, -0.1) is 10.2 Å². The van der Waals surface area contributed by atoms with Crippen molar-refractivity contribution in [2.75, 3.05) is 5.75 Å². The fourth-order valence-corrected chi connectivity index (χ4v) is 3.71. The van der Waals surface area contributed by atoms with Crippen LogP contribution in [-0.2, 0) is 4.79 Å². The molecule has 1 aliphatic carbocycles. The highest BCUT2D eigenvalue weighted by Crippen LogP contribution is 2.32. The zero-order valence-corrected chi connectivity index (χ0v) is 15.5. The Balaban J connectivity index is 1.88. The quantitative estimate of drug-likeness (QED) is 0.768. The summed E-state index contributed by atoms with van der Waals surface area (Å²) in [7, 11) is 0. The average molecular weight is 353 g/mol. The first-order valence-corrected chi connectivity index (χ1v) is 9.64. The SMILES string of the molecule is CC[C@H](C)NC(=O)NC(=O)CSc1nnc(C)n1C1CCCCC1. The number of rotatable bonds is 6. The van der Waals surface area contributed by atoms with E-state index >= 15 is 0 Å². The van der Waals surface area contributed by atoms with Crippen LogP contribution in [0.25, 0.3) is 0 Å². The largest absolute Gasteiger partial charge is 0.335 e. The third-order valence-electron chi connectivity index (χ3n) is 4.35. The van der Waals surface area contributed by atoms with E-state index in [4.69, 9.17) is 0 Å². The molecule has 0 unspecified atom stereocenters. The van der Waals surface area contributed by atoms with Gasteiger partial charge in [-0.1, -0.05) is 37.9 Å². The molecule has 0 radical (unpaired) electrons. The maximum atomic E-state index is 11.9. The number of amides is 3. The molecular weight excluding hydrogens is 326 g/mol. The number of carbonyl (C=O) groups is 2. The van der Waals surface area contributed by atoms with Gasteiger partial charge in [0, 0.05) is 12.1 Å². The van der Waals surface area contributed by atoms with E-state index in [1.807, 2.05) is 20.8 Å². The van der Waals surface area contributed by atoms with Crippen molar-refractivity contribution in [1.29, 1.82) is 0 Å². The zero-order valence-electron chi connectivity index (χ0n) is 14.7. The van der Waals surface area contributed by atoms with Crippen LogP contribution in [0.5, 0.6) is 0 Å². The molecular formula is C16H27N5O2S. The molecule has 0 aromatic carbocycles. The molecule has 134 valence electrons. The van der Waals surface area contributed by atoms with Crippen LogP contribution < -0.4 is 10.6 Å². The van der Waals surface area contributed by atoms with Gasteiger partial charge in [0.2, 0.25) is 5.91 Å². The molecule has 0 bridgehead atoms. The Morgan fingerprint density at radius 2 is 2.00 bits per heavy atom. The lowest BCUT2D eigenvalue weighted by Gasteiger charge is -2.24. The molecule has 2 N–H and O–H groups in total. The van der Waals surface area contributed by atoms with Crippen molar-refractivity contribution in [3.8, 4) is 0 Å². The van der Waals surface area contributed by atoms with Crippen LogP contribution in [0.4, 0.5) is 4.79 Å². The molecule has 7 nitrogen and oxygen atoms in total. The topological polar surface area (TPSA) is 88.9 Å². The molecule has 24 heavy (non-hydrogen) atoms. The standard InChI is InChI=1S/C16H27N5O2S/c1-4-11(2)17-15(23)18-14(22)10-24-16-20-19-12(3)21(16)13-8-6-5-7-9-13/h11,13H,4-10H2,1-3H3,(H2,17,18,22,23)/t11-/m0/s1. The van der Waals surface area contributed by atoms with Gasteiger partial charge in [0.25, 0.3) is 0 Å². The molecule has 1 aliphatic rings. The number of thioether (sulfide) groups is 1. The van der Waals surface area contributed by atoms with Gasteiger partial charge in [-0.05, 0) is 33.1 Å². The Morgan fingerprint density at radius 1 is 1.29 bits per heavy atom. The number of aryl methyl sites for hydroxylation is 1. The minimum Gasteiger partial charge on any atom is -0.335 e. The second-order valence-electron chi connectivity index (χ2n) is 6.31. The van der Waals surface area contributed by atoms with E-state index in [2.05, 4.69) is 25.4 Å². The second-order valence-corrected chi connectivity index (χ2v) is 7.25. The molecule has 1 atom stereocenters. The van der Waals surface area contributed by atoms with E-state index < -0.39 is 6.03 Å². The van der Waals surface area contributed by atoms with E-state index in [1.54, 1.807) is 0 Å². The number of imide groups is 1. The molecule has 0 spiro atoms. The normalized spacial score (nSPS) is 16.6. The lowest BCUT2D eigenvalue weighted by Crippen LogP contribution is -2.43. The second kappa shape index (κ2) is 9.05. The maximum Gasteiger partial charge on any atom is 0.321 e. The highest BCUT2D eigenvalue weighted by Gasteiger charge is 2.22. The Labute approximate surface area is 147 Å². The van der Waals surface area contributed by atoms with Crippen LogP contribution in [0, 0.1) is 6.92 Å². The van der Waals surface area contributed by atoms with E-state index in [-0.39, 0.29) is 17.7 Å². The van der Waals surface area contributed by atoms with Gasteiger partial charge in [0.05, 0.1) is 5.75 Å². The highest BCUT2D eigenvalue weighted by atomic mass is 32.2. The first-order chi connectivity index (χ1) is 11.5. The molecule has 1 heterocycles. The smallest absolute Gasteiger partial charge is 0.321 e. The Bertz CT molecular complexity index is 569. The summed E-state index contributed by atoms with van der Waals surface area (Å²) in [5.41, 5.74) is 0. The third-order valence-corrected chi connectivity index (χ3v) is 5.29. The minimum absolute atomic E-state index is 0.0440. The van der Waals surface area contributed by atoms with Gasteiger partial charge in [0.15, 0.2) is 5.16 Å². The average Bonchev–Trinajstić information content (AvgIpc) is 2.94. The van der Waals surface area contributed by atoms with Crippen LogP contribution >= 0.6 is 11.8 Å². The molecule has 0 aliphatic heterocycles. The van der Waals surface area contributed by atoms with Gasteiger partial charge in [-0.2, -0.15) is 0 Å². The van der Waals surface area contributed by atoms with Crippen molar-refractivity contribution in [3.05, 3.63) is 5.82 Å². The lowest BCUT2D eigenvalue weighted by atomic mass is 9.95. The zero-order chi connectivity index (χ0) is 17.5. The summed E-state index contributed by atoms with van der Waals surface area (Å²) >= 11 is 1.33. The van der Waals surface area contributed by atoms with Gasteiger partial charge in [0.1, 0.15) is 5.82 Å². The summed E-state index contributed by atoms with van der Waals surface area (Å²) in [4.78, 5) is 23.6. The van der Waals surface area contributed by atoms with Crippen molar-refractivity contribution in [1.82, 2.24) is 25.4 Å².